The summed E-state index contributed by atoms with van der Waals surface area (Å²) in [6.45, 7) is 2.56. The van der Waals surface area contributed by atoms with E-state index >= 15 is 0 Å². The number of hydrogen-bond donors (Lipinski definition) is 7. The van der Waals surface area contributed by atoms with Crippen molar-refractivity contribution in [3.8, 4) is 0 Å². The molecular formula is C55H98O15. The zero-order valence-electron chi connectivity index (χ0n) is 43.3. The monoisotopic (exact) mass is 999 g/mol. The Hall–Kier alpha value is -2.28. The van der Waals surface area contributed by atoms with Gasteiger partial charge >= 0.3 is 11.9 Å². The fourth-order valence-electron chi connectivity index (χ4n) is 8.54. The summed E-state index contributed by atoms with van der Waals surface area (Å²) in [5.74, 6) is -0.939. The maximum Gasteiger partial charge on any atom is 0.306 e. The van der Waals surface area contributed by atoms with Gasteiger partial charge in [-0.15, -0.1) is 0 Å². The van der Waals surface area contributed by atoms with E-state index in [-0.39, 0.29) is 26.1 Å². The number of allylic oxidation sites excluding steroid dienone is 6. The van der Waals surface area contributed by atoms with Gasteiger partial charge in [0, 0.05) is 12.8 Å². The number of carbonyl (C=O) groups excluding carboxylic acids is 2. The SMILES string of the molecule is CCCCC/C=C\C/C=C\CCCCCCCC(=O)OC(COC(=O)CCCCCCCCCCC/C=C\CCCCCCCC)COC1OC(COC2OC(CO)C(O)C(O)C2O)C(O)C(O)C1O. The molecule has 0 aromatic carbocycles. The summed E-state index contributed by atoms with van der Waals surface area (Å²) in [5, 5.41) is 72.2. The average Bonchev–Trinajstić information content (AvgIpc) is 3.35. The van der Waals surface area contributed by atoms with Crippen LogP contribution in [0.15, 0.2) is 36.5 Å². The van der Waals surface area contributed by atoms with Gasteiger partial charge in [0.1, 0.15) is 55.4 Å². The van der Waals surface area contributed by atoms with E-state index in [0.717, 1.165) is 64.2 Å². The molecule has 7 N–H and O–H groups in total. The molecule has 15 heteroatoms. The predicted octanol–water partition coefficient (Wildman–Crippen LogP) is 8.49. The number of unbranched alkanes of at least 4 members (excludes halogenated alkanes) is 23. The summed E-state index contributed by atoms with van der Waals surface area (Å²) < 4.78 is 33.6. The van der Waals surface area contributed by atoms with Gasteiger partial charge in [-0.25, -0.2) is 0 Å². The lowest BCUT2D eigenvalue weighted by Gasteiger charge is -2.42. The van der Waals surface area contributed by atoms with E-state index in [1.165, 1.54) is 103 Å². The largest absolute Gasteiger partial charge is 0.462 e. The van der Waals surface area contributed by atoms with Crippen LogP contribution in [-0.4, -0.2) is 142 Å². The second-order valence-corrected chi connectivity index (χ2v) is 19.4. The van der Waals surface area contributed by atoms with E-state index in [0.29, 0.717) is 12.8 Å². The molecule has 11 atom stereocenters. The van der Waals surface area contributed by atoms with E-state index in [2.05, 4.69) is 50.3 Å². The van der Waals surface area contributed by atoms with Crippen molar-refractivity contribution in [2.45, 2.75) is 274 Å². The van der Waals surface area contributed by atoms with Crippen LogP contribution in [0, 0.1) is 0 Å². The van der Waals surface area contributed by atoms with Crippen molar-refractivity contribution in [2.24, 2.45) is 0 Å². The number of ether oxygens (including phenoxy) is 6. The molecule has 0 spiro atoms. The van der Waals surface area contributed by atoms with Crippen molar-refractivity contribution >= 4 is 11.9 Å². The van der Waals surface area contributed by atoms with Crippen molar-refractivity contribution in [3.05, 3.63) is 36.5 Å². The number of hydrogen-bond acceptors (Lipinski definition) is 15. The molecule has 0 saturated carbocycles. The van der Waals surface area contributed by atoms with Gasteiger partial charge in [0.15, 0.2) is 18.7 Å². The summed E-state index contributed by atoms with van der Waals surface area (Å²) in [6.07, 6.45) is 28.8. The summed E-state index contributed by atoms with van der Waals surface area (Å²) in [7, 11) is 0. The molecule has 408 valence electrons. The Morgan fingerprint density at radius 3 is 1.37 bits per heavy atom. The summed E-state index contributed by atoms with van der Waals surface area (Å²) in [6, 6.07) is 0. The molecule has 70 heavy (non-hydrogen) atoms. The zero-order chi connectivity index (χ0) is 51.0. The number of aliphatic hydroxyl groups is 7. The van der Waals surface area contributed by atoms with Crippen molar-refractivity contribution in [1.29, 1.82) is 0 Å². The van der Waals surface area contributed by atoms with Gasteiger partial charge in [-0.2, -0.15) is 0 Å². The number of aliphatic hydroxyl groups excluding tert-OH is 7. The molecular weight excluding hydrogens is 901 g/mol. The first kappa shape index (κ1) is 63.8. The molecule has 2 saturated heterocycles. The standard InChI is InChI=1S/C55H98O15/c1-3-5-7-9-11-13-15-17-19-20-21-22-24-25-27-29-31-33-35-37-46(57)65-40-43(68-47(58)38-36-34-32-30-28-26-23-18-16-14-12-10-8-6-4-2)41-66-54-53(64)51(62)49(60)45(70-54)42-67-55-52(63)50(61)48(59)44(39-56)69-55/h12,14,17-19,23,43-45,48-56,59-64H,3-11,13,15-16,20-22,24-42H2,1-2H3/b14-12-,19-17-,23-18-. The average molecular weight is 999 g/mol. The Morgan fingerprint density at radius 2 is 0.857 bits per heavy atom. The molecule has 0 radical (unpaired) electrons. The second-order valence-electron chi connectivity index (χ2n) is 19.4. The lowest BCUT2D eigenvalue weighted by molar-refractivity contribution is -0.332. The third kappa shape index (κ3) is 29.4. The Kier molecular flexibility index (Phi) is 38.4. The Bertz CT molecular complexity index is 1360. The third-order valence-corrected chi connectivity index (χ3v) is 13.1. The van der Waals surface area contributed by atoms with Gasteiger partial charge in [-0.3, -0.25) is 9.59 Å². The van der Waals surface area contributed by atoms with E-state index in [1.54, 1.807) is 0 Å². The smallest absolute Gasteiger partial charge is 0.306 e. The van der Waals surface area contributed by atoms with Crippen molar-refractivity contribution in [1.82, 2.24) is 0 Å². The van der Waals surface area contributed by atoms with Crippen LogP contribution in [-0.2, 0) is 38.0 Å². The highest BCUT2D eigenvalue weighted by atomic mass is 16.7. The zero-order valence-corrected chi connectivity index (χ0v) is 43.3. The number of esters is 2. The lowest BCUT2D eigenvalue weighted by Crippen LogP contribution is -2.61. The Balaban J connectivity index is 1.78. The molecule has 2 aliphatic rings. The summed E-state index contributed by atoms with van der Waals surface area (Å²) >= 11 is 0. The van der Waals surface area contributed by atoms with Crippen LogP contribution in [0.4, 0.5) is 0 Å². The highest BCUT2D eigenvalue weighted by Crippen LogP contribution is 2.26. The second kappa shape index (κ2) is 42.1. The Labute approximate surface area is 421 Å². The minimum absolute atomic E-state index is 0.149. The van der Waals surface area contributed by atoms with Crippen LogP contribution in [0.25, 0.3) is 0 Å². The quantitative estimate of drug-likeness (QED) is 0.0173. The van der Waals surface area contributed by atoms with Gasteiger partial charge in [0.2, 0.25) is 0 Å². The number of carbonyl (C=O) groups is 2. The summed E-state index contributed by atoms with van der Waals surface area (Å²) in [4.78, 5) is 25.8. The van der Waals surface area contributed by atoms with E-state index in [4.69, 9.17) is 28.4 Å². The van der Waals surface area contributed by atoms with Gasteiger partial charge in [0.05, 0.1) is 19.8 Å². The first-order valence-electron chi connectivity index (χ1n) is 27.6. The molecule has 2 fully saturated rings. The molecule has 11 unspecified atom stereocenters. The molecule has 2 aliphatic heterocycles. The minimum atomic E-state index is -1.77. The highest BCUT2D eigenvalue weighted by Gasteiger charge is 2.47. The topological polar surface area (TPSA) is 231 Å². The molecule has 2 heterocycles. The third-order valence-electron chi connectivity index (χ3n) is 13.1. The predicted molar refractivity (Wildman–Crippen MR) is 270 cm³/mol. The number of rotatable bonds is 43. The van der Waals surface area contributed by atoms with Crippen molar-refractivity contribution in [3.63, 3.8) is 0 Å². The van der Waals surface area contributed by atoms with Gasteiger partial charge in [0.25, 0.3) is 0 Å². The van der Waals surface area contributed by atoms with E-state index in [9.17, 15) is 45.3 Å². The molecule has 0 aliphatic carbocycles. The van der Waals surface area contributed by atoms with Crippen LogP contribution in [0.3, 0.4) is 0 Å². The fourth-order valence-corrected chi connectivity index (χ4v) is 8.54. The minimum Gasteiger partial charge on any atom is -0.462 e. The normalized spacial score (nSPS) is 25.6. The highest BCUT2D eigenvalue weighted by molar-refractivity contribution is 5.70. The molecule has 15 nitrogen and oxygen atoms in total. The lowest BCUT2D eigenvalue weighted by atomic mass is 9.98. The molecule has 0 amide bonds. The maximum absolute atomic E-state index is 13.0. The first-order chi connectivity index (χ1) is 34.0. The fraction of sp³-hybridized carbons (Fsp3) is 0.855. The van der Waals surface area contributed by atoms with Gasteiger partial charge < -0.3 is 64.2 Å². The molecule has 0 aromatic rings. The van der Waals surface area contributed by atoms with Crippen molar-refractivity contribution in [2.75, 3.05) is 26.4 Å². The molecule has 0 bridgehead atoms. The van der Waals surface area contributed by atoms with Crippen LogP contribution < -0.4 is 0 Å². The summed E-state index contributed by atoms with van der Waals surface area (Å²) in [5.41, 5.74) is 0. The van der Waals surface area contributed by atoms with Crippen LogP contribution >= 0.6 is 0 Å². The van der Waals surface area contributed by atoms with E-state index < -0.39 is 92.7 Å². The van der Waals surface area contributed by atoms with Crippen LogP contribution in [0.2, 0.25) is 0 Å². The van der Waals surface area contributed by atoms with E-state index in [1.807, 2.05) is 0 Å². The first-order valence-corrected chi connectivity index (χ1v) is 27.6. The molecule has 2 rings (SSSR count). The van der Waals surface area contributed by atoms with Gasteiger partial charge in [-0.05, 0) is 70.6 Å². The Morgan fingerprint density at radius 1 is 0.457 bits per heavy atom. The van der Waals surface area contributed by atoms with Crippen LogP contribution in [0.5, 0.6) is 0 Å². The van der Waals surface area contributed by atoms with Gasteiger partial charge in [-0.1, -0.05) is 159 Å². The van der Waals surface area contributed by atoms with Crippen LogP contribution in [0.1, 0.15) is 206 Å². The maximum atomic E-state index is 13.0. The molecule has 0 aromatic heterocycles. The van der Waals surface area contributed by atoms with Crippen molar-refractivity contribution < 1.29 is 73.8 Å².